The molecule has 1 aromatic heterocycles. The minimum atomic E-state index is -3.91. The highest BCUT2D eigenvalue weighted by molar-refractivity contribution is 8.01. The molecule has 0 atom stereocenters. The van der Waals surface area contributed by atoms with E-state index >= 15 is 0 Å². The summed E-state index contributed by atoms with van der Waals surface area (Å²) in [5.74, 6) is 0.0911. The molecule has 11 nitrogen and oxygen atoms in total. The van der Waals surface area contributed by atoms with Crippen molar-refractivity contribution in [3.63, 3.8) is 0 Å². The summed E-state index contributed by atoms with van der Waals surface area (Å²) in [5, 5.41) is 14.1. The Morgan fingerprint density at radius 2 is 1.56 bits per heavy atom. The van der Waals surface area contributed by atoms with Gasteiger partial charge >= 0.3 is 12.2 Å². The van der Waals surface area contributed by atoms with E-state index in [0.29, 0.717) is 26.8 Å². The van der Waals surface area contributed by atoms with Gasteiger partial charge in [0.15, 0.2) is 0 Å². The molecule has 0 bridgehead atoms. The number of imide groups is 1. The molecule has 3 N–H and O–H groups in total. The number of hydrogen-bond acceptors (Lipinski definition) is 10. The van der Waals surface area contributed by atoms with E-state index < -0.39 is 33.2 Å². The van der Waals surface area contributed by atoms with Crippen LogP contribution in [0.4, 0.5) is 15.3 Å². The molecular weight excluding hydrogens is 743 g/mol. The number of nitrogens with one attached hydrogen (secondary N) is 3. The maximum Gasteiger partial charge on any atom is 0.427 e. The van der Waals surface area contributed by atoms with Crippen molar-refractivity contribution in [3.8, 4) is 11.1 Å². The Morgan fingerprint density at radius 1 is 0.907 bits per heavy atom. The number of sulfone groups is 1. The second-order valence-electron chi connectivity index (χ2n) is 14.4. The summed E-state index contributed by atoms with van der Waals surface area (Å²) >= 11 is 2.58. The molecule has 0 aliphatic carbocycles. The Hall–Kier alpha value is -4.66. The lowest BCUT2D eigenvalue weighted by atomic mass is 10.00. The van der Waals surface area contributed by atoms with Crippen LogP contribution in [0.3, 0.4) is 0 Å². The van der Waals surface area contributed by atoms with Crippen LogP contribution in [0.1, 0.15) is 64.0 Å². The average Bonchev–Trinajstić information content (AvgIpc) is 3.54. The molecule has 4 aromatic rings. The molecular formula is C40H49N5O6S3. The largest absolute Gasteiger partial charge is 0.443 e. The molecule has 288 valence electrons. The standard InChI is InChI=1S/C40H49N5O6S3/c1-26-23-29(20-21-31(26)28-18-13-19-30(24-28)54(48,49)33-25-32(34(41)42-8)53-35(33)52-9)44-36(43-22-14-17-27-15-11-10-12-16-27)45(37(46)50-39(2,3)4)38(47)51-40(5,6)7/h10-13,15-16,18-21,23-25H,14,17,22H2,1-9H3,(H2,41,42)(H,43,44). The number of aryl methyl sites for hydroxylation is 2. The van der Waals surface area contributed by atoms with E-state index in [0.717, 1.165) is 28.0 Å². The van der Waals surface area contributed by atoms with Gasteiger partial charge in [-0.25, -0.2) is 18.0 Å². The molecule has 0 spiro atoms. The molecule has 0 radical (unpaired) electrons. The summed E-state index contributed by atoms with van der Waals surface area (Å²) in [6.07, 6.45) is 1.32. The van der Waals surface area contributed by atoms with Gasteiger partial charge in [-0.1, -0.05) is 48.5 Å². The Labute approximate surface area is 327 Å². The second-order valence-corrected chi connectivity index (χ2v) is 18.4. The number of carbonyl (C=O) groups is 2. The predicted octanol–water partition coefficient (Wildman–Crippen LogP) is 9.40. The van der Waals surface area contributed by atoms with Crippen molar-refractivity contribution < 1.29 is 27.5 Å². The molecule has 4 rings (SSSR count). The zero-order valence-electron chi connectivity index (χ0n) is 32.2. The number of hydrogen-bond donors (Lipinski definition) is 3. The summed E-state index contributed by atoms with van der Waals surface area (Å²) in [6, 6.07) is 23.7. The number of anilines is 1. The number of thioether (sulfide) groups is 1. The van der Waals surface area contributed by atoms with Crippen LogP contribution in [0.25, 0.3) is 11.1 Å². The fourth-order valence-electron chi connectivity index (χ4n) is 5.23. The average molecular weight is 792 g/mol. The third-order valence-electron chi connectivity index (χ3n) is 7.67. The highest BCUT2D eigenvalue weighted by Crippen LogP contribution is 2.38. The first-order chi connectivity index (χ1) is 25.3. The van der Waals surface area contributed by atoms with Crippen molar-refractivity contribution in [3.05, 3.63) is 94.9 Å². The number of benzene rings is 3. The molecule has 54 heavy (non-hydrogen) atoms. The maximum atomic E-state index is 13.9. The van der Waals surface area contributed by atoms with Crippen LogP contribution in [0.2, 0.25) is 0 Å². The molecule has 14 heteroatoms. The van der Waals surface area contributed by atoms with E-state index in [-0.39, 0.29) is 28.1 Å². The Balaban J connectivity index is 1.69. The lowest BCUT2D eigenvalue weighted by molar-refractivity contribution is 0.0147. The summed E-state index contributed by atoms with van der Waals surface area (Å²) < 4.78 is 39.7. The molecule has 0 aliphatic rings. The maximum absolute atomic E-state index is 13.9. The van der Waals surface area contributed by atoms with Crippen LogP contribution < -0.4 is 10.6 Å². The lowest BCUT2D eigenvalue weighted by Gasteiger charge is -2.29. The van der Waals surface area contributed by atoms with Crippen LogP contribution in [0.15, 0.2) is 97.9 Å². The summed E-state index contributed by atoms with van der Waals surface area (Å²) in [4.78, 5) is 33.5. The summed E-state index contributed by atoms with van der Waals surface area (Å²) in [7, 11) is -2.28. The van der Waals surface area contributed by atoms with Crippen molar-refractivity contribution in [1.82, 2.24) is 10.2 Å². The molecule has 2 amide bonds. The number of aliphatic imine (C=N–C) groups is 1. The first-order valence-electron chi connectivity index (χ1n) is 17.3. The van der Waals surface area contributed by atoms with Crippen LogP contribution in [-0.4, -0.2) is 68.3 Å². The predicted molar refractivity (Wildman–Crippen MR) is 219 cm³/mol. The summed E-state index contributed by atoms with van der Waals surface area (Å²) in [5.41, 5.74) is 2.11. The normalized spacial score (nSPS) is 12.2. The Morgan fingerprint density at radius 3 is 2.13 bits per heavy atom. The van der Waals surface area contributed by atoms with E-state index in [1.165, 1.54) is 23.1 Å². The van der Waals surface area contributed by atoms with Gasteiger partial charge < -0.3 is 20.1 Å². The number of ether oxygens (including phenoxy) is 2. The fraction of sp³-hybridized carbons (Fsp3) is 0.350. The number of carbonyl (C=O) groups excluding carboxylic acids is 2. The van der Waals surface area contributed by atoms with Gasteiger partial charge in [-0.3, -0.25) is 10.4 Å². The third kappa shape index (κ3) is 11.2. The van der Waals surface area contributed by atoms with Gasteiger partial charge in [0.25, 0.3) is 0 Å². The number of nitrogens with zero attached hydrogens (tertiary/aromatic N) is 2. The number of thiophene rings is 1. The Bertz CT molecular complexity index is 2090. The first kappa shape index (κ1) is 42.1. The minimum absolute atomic E-state index is 0.0575. The monoisotopic (exact) mass is 791 g/mol. The van der Waals surface area contributed by atoms with E-state index in [1.807, 2.05) is 61.7 Å². The van der Waals surface area contributed by atoms with Crippen molar-refractivity contribution >= 4 is 62.6 Å². The molecule has 0 fully saturated rings. The smallest absolute Gasteiger partial charge is 0.427 e. The van der Waals surface area contributed by atoms with Crippen LogP contribution in [0.5, 0.6) is 0 Å². The molecule has 1 heterocycles. The van der Waals surface area contributed by atoms with Gasteiger partial charge in [0.1, 0.15) is 17.0 Å². The number of amides is 2. The zero-order chi connectivity index (χ0) is 39.8. The van der Waals surface area contributed by atoms with Gasteiger partial charge in [-0.15, -0.1) is 28.0 Å². The van der Waals surface area contributed by atoms with Crippen molar-refractivity contribution in [2.24, 2.45) is 4.99 Å². The van der Waals surface area contributed by atoms with Crippen LogP contribution in [-0.2, 0) is 25.7 Å². The number of guanidine groups is 1. The third-order valence-corrected chi connectivity index (χ3v) is 12.0. The van der Waals surface area contributed by atoms with Gasteiger partial charge in [-0.05, 0) is 120 Å². The van der Waals surface area contributed by atoms with Crippen molar-refractivity contribution in [1.29, 1.82) is 5.41 Å². The SMILES string of the molecule is CNC(=N)c1cc(S(=O)(=O)c2cccc(-c3ccc(NC(=NCCCc4ccccc4)N(C(=O)OC(C)(C)C)C(=O)OC(C)(C)C)cc3C)c2)c(SC)s1. The highest BCUT2D eigenvalue weighted by Gasteiger charge is 2.35. The molecule has 0 saturated carbocycles. The first-order valence-corrected chi connectivity index (χ1v) is 20.9. The second kappa shape index (κ2) is 17.7. The van der Waals surface area contributed by atoms with Crippen LogP contribution >= 0.6 is 23.1 Å². The van der Waals surface area contributed by atoms with E-state index in [2.05, 4.69) is 10.6 Å². The molecule has 0 unspecified atom stereocenters. The fourth-order valence-corrected chi connectivity index (χ4v) is 9.22. The zero-order valence-corrected chi connectivity index (χ0v) is 34.6. The van der Waals surface area contributed by atoms with Crippen molar-refractivity contribution in [2.45, 2.75) is 86.5 Å². The highest BCUT2D eigenvalue weighted by atomic mass is 32.2. The Kier molecular flexibility index (Phi) is 13.8. The van der Waals surface area contributed by atoms with Crippen molar-refractivity contribution in [2.75, 3.05) is 25.2 Å². The number of amidine groups is 1. The molecule has 3 aromatic carbocycles. The minimum Gasteiger partial charge on any atom is -0.443 e. The van der Waals surface area contributed by atoms with Gasteiger partial charge in [-0.2, -0.15) is 0 Å². The quantitative estimate of drug-likeness (QED) is 0.0618. The van der Waals surface area contributed by atoms with E-state index in [9.17, 15) is 18.0 Å². The van der Waals surface area contributed by atoms with Gasteiger partial charge in [0, 0.05) is 19.3 Å². The molecule has 0 saturated heterocycles. The van der Waals surface area contributed by atoms with Gasteiger partial charge in [0.05, 0.1) is 18.9 Å². The topological polar surface area (TPSA) is 150 Å². The number of rotatable bonds is 10. The van der Waals surface area contributed by atoms with E-state index in [1.54, 1.807) is 78.9 Å². The van der Waals surface area contributed by atoms with E-state index in [4.69, 9.17) is 19.9 Å². The van der Waals surface area contributed by atoms with Gasteiger partial charge in [0.2, 0.25) is 15.8 Å². The lowest BCUT2D eigenvalue weighted by Crippen LogP contribution is -2.49. The van der Waals surface area contributed by atoms with Crippen LogP contribution in [0, 0.1) is 12.3 Å². The molecule has 0 aliphatic heterocycles. The summed E-state index contributed by atoms with van der Waals surface area (Å²) in [6.45, 7) is 12.4.